The Hall–Kier alpha value is -0.830. The molecule has 1 nitrogen and oxygen atoms in total. The Kier molecular flexibility index (Phi) is 3.42. The van der Waals surface area contributed by atoms with Crippen molar-refractivity contribution in [3.05, 3.63) is 56.7 Å². The highest BCUT2D eigenvalue weighted by Crippen LogP contribution is 2.36. The molecule has 2 aromatic rings. The fraction of sp³-hybridized carbons (Fsp3) is 0.333. The number of hydrogen-bond donors (Lipinski definition) is 1. The molecule has 94 valence electrons. The molecule has 0 aliphatic heterocycles. The van der Waals surface area contributed by atoms with E-state index >= 15 is 0 Å². The van der Waals surface area contributed by atoms with Crippen molar-refractivity contribution in [2.75, 3.05) is 0 Å². The predicted octanol–water partition coefficient (Wildman–Crippen LogP) is 4.00. The minimum atomic E-state index is 0.171. The van der Waals surface area contributed by atoms with Crippen LogP contribution in [0.25, 0.3) is 0 Å². The molecule has 3 rings (SSSR count). The topological polar surface area (TPSA) is 26.0 Å². The second-order valence-electron chi connectivity index (χ2n) is 4.90. The van der Waals surface area contributed by atoms with Gasteiger partial charge < -0.3 is 5.73 Å². The van der Waals surface area contributed by atoms with Crippen molar-refractivity contribution in [1.29, 1.82) is 0 Å². The summed E-state index contributed by atoms with van der Waals surface area (Å²) >= 11 is 7.85. The number of nitrogens with two attached hydrogens (primary N) is 1. The third-order valence-corrected chi connectivity index (χ3v) is 5.22. The van der Waals surface area contributed by atoms with Gasteiger partial charge in [-0.3, -0.25) is 0 Å². The van der Waals surface area contributed by atoms with Crippen molar-refractivity contribution >= 4 is 22.9 Å². The predicted molar refractivity (Wildman–Crippen MR) is 78.5 cm³/mol. The molecule has 1 aliphatic carbocycles. The van der Waals surface area contributed by atoms with Gasteiger partial charge in [-0.15, -0.1) is 11.3 Å². The Morgan fingerprint density at radius 1 is 1.33 bits per heavy atom. The fourth-order valence-corrected chi connectivity index (χ4v) is 4.05. The van der Waals surface area contributed by atoms with Crippen LogP contribution in [0.1, 0.15) is 28.3 Å². The number of halogens is 1. The number of rotatable bonds is 3. The standard InChI is InChI=1S/C15H16ClNS/c16-13-7-8-18-15(13)9-14(17)12-6-5-10-3-1-2-4-11(10)12/h1-4,7-8,12,14H,5-6,9,17H2. The van der Waals surface area contributed by atoms with Crippen LogP contribution in [-0.4, -0.2) is 6.04 Å². The molecular formula is C15H16ClNS. The normalized spacial score (nSPS) is 19.8. The summed E-state index contributed by atoms with van der Waals surface area (Å²) in [6.07, 6.45) is 3.21. The monoisotopic (exact) mass is 277 g/mol. The van der Waals surface area contributed by atoms with Crippen LogP contribution in [0.15, 0.2) is 35.7 Å². The van der Waals surface area contributed by atoms with E-state index in [0.29, 0.717) is 5.92 Å². The highest BCUT2D eigenvalue weighted by Gasteiger charge is 2.27. The Balaban J connectivity index is 1.79. The molecule has 2 N–H and O–H groups in total. The second kappa shape index (κ2) is 5.04. The van der Waals surface area contributed by atoms with Gasteiger partial charge in [0.1, 0.15) is 0 Å². The van der Waals surface area contributed by atoms with E-state index in [1.807, 2.05) is 11.4 Å². The second-order valence-corrected chi connectivity index (χ2v) is 6.31. The van der Waals surface area contributed by atoms with Crippen molar-refractivity contribution < 1.29 is 0 Å². The van der Waals surface area contributed by atoms with Gasteiger partial charge in [-0.05, 0) is 47.8 Å². The summed E-state index contributed by atoms with van der Waals surface area (Å²) in [5.41, 5.74) is 9.31. The molecule has 0 spiro atoms. The SMILES string of the molecule is NC(Cc1sccc1Cl)C1CCc2ccccc21. The van der Waals surface area contributed by atoms with Crippen LogP contribution in [-0.2, 0) is 12.8 Å². The Bertz CT molecular complexity index is 549. The van der Waals surface area contributed by atoms with Gasteiger partial charge >= 0.3 is 0 Å². The van der Waals surface area contributed by atoms with Gasteiger partial charge in [0.15, 0.2) is 0 Å². The molecule has 1 aromatic carbocycles. The lowest BCUT2D eigenvalue weighted by atomic mass is 9.91. The Morgan fingerprint density at radius 3 is 2.94 bits per heavy atom. The first-order chi connectivity index (χ1) is 8.75. The van der Waals surface area contributed by atoms with E-state index in [2.05, 4.69) is 24.3 Å². The molecule has 0 saturated heterocycles. The molecule has 18 heavy (non-hydrogen) atoms. The first kappa shape index (κ1) is 12.2. The highest BCUT2D eigenvalue weighted by atomic mass is 35.5. The van der Waals surface area contributed by atoms with Gasteiger partial charge in [0.25, 0.3) is 0 Å². The maximum atomic E-state index is 6.40. The Morgan fingerprint density at radius 2 is 2.17 bits per heavy atom. The molecule has 1 aliphatic rings. The number of thiophene rings is 1. The van der Waals surface area contributed by atoms with E-state index in [9.17, 15) is 0 Å². The van der Waals surface area contributed by atoms with Crippen LogP contribution >= 0.6 is 22.9 Å². The number of fused-ring (bicyclic) bond motifs is 1. The average Bonchev–Trinajstić information content (AvgIpc) is 2.96. The molecule has 0 radical (unpaired) electrons. The van der Waals surface area contributed by atoms with E-state index in [0.717, 1.165) is 17.9 Å². The van der Waals surface area contributed by atoms with Crippen molar-refractivity contribution in [3.8, 4) is 0 Å². The molecule has 1 heterocycles. The molecule has 3 heteroatoms. The molecule has 2 atom stereocenters. The van der Waals surface area contributed by atoms with Crippen LogP contribution < -0.4 is 5.73 Å². The number of hydrogen-bond acceptors (Lipinski definition) is 2. The smallest absolute Gasteiger partial charge is 0.0545 e. The van der Waals surface area contributed by atoms with Gasteiger partial charge in [0.2, 0.25) is 0 Å². The third kappa shape index (κ3) is 2.20. The van der Waals surface area contributed by atoms with E-state index in [4.69, 9.17) is 17.3 Å². The molecule has 0 fully saturated rings. The summed E-state index contributed by atoms with van der Waals surface area (Å²) < 4.78 is 0. The van der Waals surface area contributed by atoms with E-state index < -0.39 is 0 Å². The lowest BCUT2D eigenvalue weighted by Crippen LogP contribution is -2.29. The average molecular weight is 278 g/mol. The lowest BCUT2D eigenvalue weighted by Gasteiger charge is -2.20. The largest absolute Gasteiger partial charge is 0.327 e. The summed E-state index contributed by atoms with van der Waals surface area (Å²) in [6, 6.07) is 10.8. The molecule has 0 saturated carbocycles. The number of aryl methyl sites for hydroxylation is 1. The van der Waals surface area contributed by atoms with E-state index in [1.54, 1.807) is 11.3 Å². The first-order valence-electron chi connectivity index (χ1n) is 6.31. The Labute approximate surface area is 117 Å². The fourth-order valence-electron chi connectivity index (χ4n) is 2.86. The minimum absolute atomic E-state index is 0.171. The van der Waals surface area contributed by atoms with Crippen molar-refractivity contribution in [2.45, 2.75) is 31.2 Å². The highest BCUT2D eigenvalue weighted by molar-refractivity contribution is 7.10. The van der Waals surface area contributed by atoms with Gasteiger partial charge in [-0.2, -0.15) is 0 Å². The van der Waals surface area contributed by atoms with Gasteiger partial charge in [-0.25, -0.2) is 0 Å². The summed E-state index contributed by atoms with van der Waals surface area (Å²) in [4.78, 5) is 1.22. The minimum Gasteiger partial charge on any atom is -0.327 e. The molecular weight excluding hydrogens is 262 g/mol. The third-order valence-electron chi connectivity index (χ3n) is 3.81. The van der Waals surface area contributed by atoms with Crippen LogP contribution in [0.3, 0.4) is 0 Å². The zero-order valence-electron chi connectivity index (χ0n) is 10.1. The lowest BCUT2D eigenvalue weighted by molar-refractivity contribution is 0.528. The van der Waals surface area contributed by atoms with Crippen LogP contribution in [0.2, 0.25) is 5.02 Å². The van der Waals surface area contributed by atoms with E-state index in [-0.39, 0.29) is 6.04 Å². The van der Waals surface area contributed by atoms with Crippen LogP contribution in [0.5, 0.6) is 0 Å². The van der Waals surface area contributed by atoms with Crippen LogP contribution in [0, 0.1) is 0 Å². The maximum absolute atomic E-state index is 6.40. The van der Waals surface area contributed by atoms with Crippen molar-refractivity contribution in [1.82, 2.24) is 0 Å². The van der Waals surface area contributed by atoms with E-state index in [1.165, 1.54) is 22.4 Å². The molecule has 1 aromatic heterocycles. The maximum Gasteiger partial charge on any atom is 0.0545 e. The summed E-state index contributed by atoms with van der Waals surface area (Å²) in [6.45, 7) is 0. The summed E-state index contributed by atoms with van der Waals surface area (Å²) in [5, 5.41) is 2.90. The van der Waals surface area contributed by atoms with Crippen LogP contribution in [0.4, 0.5) is 0 Å². The zero-order valence-corrected chi connectivity index (χ0v) is 11.7. The van der Waals surface area contributed by atoms with Gasteiger partial charge in [0.05, 0.1) is 5.02 Å². The van der Waals surface area contributed by atoms with Crippen molar-refractivity contribution in [3.63, 3.8) is 0 Å². The van der Waals surface area contributed by atoms with Gasteiger partial charge in [0, 0.05) is 10.9 Å². The molecule has 0 bridgehead atoms. The molecule has 0 amide bonds. The van der Waals surface area contributed by atoms with Gasteiger partial charge in [-0.1, -0.05) is 35.9 Å². The van der Waals surface area contributed by atoms with Crippen molar-refractivity contribution in [2.24, 2.45) is 5.73 Å². The summed E-state index contributed by atoms with van der Waals surface area (Å²) in [7, 11) is 0. The quantitative estimate of drug-likeness (QED) is 0.902. The zero-order chi connectivity index (χ0) is 12.5. The number of benzene rings is 1. The summed E-state index contributed by atoms with van der Waals surface area (Å²) in [5.74, 6) is 0.486. The first-order valence-corrected chi connectivity index (χ1v) is 7.56. The molecule has 2 unspecified atom stereocenters.